The lowest BCUT2D eigenvalue weighted by molar-refractivity contribution is -0.137. The van der Waals surface area contributed by atoms with Gasteiger partial charge in [-0.15, -0.1) is 0 Å². The maximum atomic E-state index is 10.6. The van der Waals surface area contributed by atoms with Crippen molar-refractivity contribution in [3.05, 3.63) is 35.9 Å². The summed E-state index contributed by atoms with van der Waals surface area (Å²) in [6, 6.07) is 10.1. The van der Waals surface area contributed by atoms with Gasteiger partial charge < -0.3 is 9.84 Å². The zero-order valence-electron chi connectivity index (χ0n) is 10.5. The average Bonchev–Trinajstić information content (AvgIpc) is 2.82. The molecule has 18 heavy (non-hydrogen) atoms. The van der Waals surface area contributed by atoms with Crippen LogP contribution in [0, 0.1) is 5.92 Å². The molecule has 2 atom stereocenters. The lowest BCUT2D eigenvalue weighted by Gasteiger charge is -2.19. The van der Waals surface area contributed by atoms with E-state index in [1.165, 1.54) is 5.56 Å². The topological polar surface area (TPSA) is 46.5 Å². The summed E-state index contributed by atoms with van der Waals surface area (Å²) >= 11 is 0. The highest BCUT2D eigenvalue weighted by Gasteiger charge is 2.28. The smallest absolute Gasteiger partial charge is 0.303 e. The molecule has 0 radical (unpaired) electrons. The van der Waals surface area contributed by atoms with E-state index in [4.69, 9.17) is 9.84 Å². The maximum Gasteiger partial charge on any atom is 0.303 e. The molecule has 0 aromatic heterocycles. The van der Waals surface area contributed by atoms with Gasteiger partial charge in [0.05, 0.1) is 12.7 Å². The first-order chi connectivity index (χ1) is 8.75. The molecule has 98 valence electrons. The predicted molar refractivity (Wildman–Crippen MR) is 69.2 cm³/mol. The van der Waals surface area contributed by atoms with Crippen LogP contribution in [0.15, 0.2) is 30.3 Å². The monoisotopic (exact) mass is 248 g/mol. The molecule has 0 amide bonds. The van der Waals surface area contributed by atoms with Crippen LogP contribution in [-0.2, 0) is 16.1 Å². The van der Waals surface area contributed by atoms with E-state index in [1.54, 1.807) is 0 Å². The summed E-state index contributed by atoms with van der Waals surface area (Å²) in [6.07, 6.45) is 4.57. The van der Waals surface area contributed by atoms with Crippen molar-refractivity contribution in [2.75, 3.05) is 0 Å². The van der Waals surface area contributed by atoms with Gasteiger partial charge in [0.1, 0.15) is 0 Å². The fourth-order valence-electron chi connectivity index (χ4n) is 2.64. The summed E-state index contributed by atoms with van der Waals surface area (Å²) in [5.74, 6) is -0.284. The molecule has 0 aliphatic heterocycles. The van der Waals surface area contributed by atoms with Crippen LogP contribution in [0.4, 0.5) is 0 Å². The van der Waals surface area contributed by atoms with Crippen molar-refractivity contribution < 1.29 is 14.6 Å². The Morgan fingerprint density at radius 3 is 2.78 bits per heavy atom. The highest BCUT2D eigenvalue weighted by Crippen LogP contribution is 2.32. The van der Waals surface area contributed by atoms with Gasteiger partial charge in [-0.3, -0.25) is 4.79 Å². The maximum absolute atomic E-state index is 10.6. The van der Waals surface area contributed by atoms with Crippen molar-refractivity contribution in [2.24, 2.45) is 5.92 Å². The van der Waals surface area contributed by atoms with Crippen LogP contribution in [0.5, 0.6) is 0 Å². The molecule has 1 aromatic rings. The zero-order valence-corrected chi connectivity index (χ0v) is 10.5. The van der Waals surface area contributed by atoms with E-state index in [-0.39, 0.29) is 12.5 Å². The van der Waals surface area contributed by atoms with Crippen molar-refractivity contribution in [1.82, 2.24) is 0 Å². The second-order valence-corrected chi connectivity index (χ2v) is 4.96. The fourth-order valence-corrected chi connectivity index (χ4v) is 2.64. The van der Waals surface area contributed by atoms with Crippen LogP contribution < -0.4 is 0 Å². The number of hydrogen-bond acceptors (Lipinski definition) is 2. The molecular weight excluding hydrogens is 228 g/mol. The van der Waals surface area contributed by atoms with Crippen LogP contribution in [0.2, 0.25) is 0 Å². The van der Waals surface area contributed by atoms with E-state index in [2.05, 4.69) is 12.1 Å². The van der Waals surface area contributed by atoms with Crippen molar-refractivity contribution in [3.63, 3.8) is 0 Å². The van der Waals surface area contributed by atoms with E-state index >= 15 is 0 Å². The average molecular weight is 248 g/mol. The molecular formula is C15H20O3. The summed E-state index contributed by atoms with van der Waals surface area (Å²) in [5.41, 5.74) is 1.18. The SMILES string of the molecule is O=C(O)CCC1CCCC1OCc1ccccc1. The van der Waals surface area contributed by atoms with Gasteiger partial charge in [-0.05, 0) is 30.7 Å². The highest BCUT2D eigenvalue weighted by atomic mass is 16.5. The molecule has 1 aromatic carbocycles. The zero-order chi connectivity index (χ0) is 12.8. The number of carbonyl (C=O) groups is 1. The van der Waals surface area contributed by atoms with E-state index in [9.17, 15) is 4.79 Å². The van der Waals surface area contributed by atoms with Gasteiger partial charge in [-0.1, -0.05) is 36.8 Å². The molecule has 2 unspecified atom stereocenters. The Hall–Kier alpha value is -1.35. The van der Waals surface area contributed by atoms with Gasteiger partial charge >= 0.3 is 5.97 Å². The van der Waals surface area contributed by atoms with E-state index in [0.717, 1.165) is 25.7 Å². The first kappa shape index (κ1) is 13.1. The Labute approximate surface area is 108 Å². The normalized spacial score (nSPS) is 23.1. The standard InChI is InChI=1S/C15H20O3/c16-15(17)10-9-13-7-4-8-14(13)18-11-12-5-2-1-3-6-12/h1-3,5-6,13-14H,4,7-11H2,(H,16,17). The number of hydrogen-bond donors (Lipinski definition) is 1. The van der Waals surface area contributed by atoms with E-state index < -0.39 is 5.97 Å². The largest absolute Gasteiger partial charge is 0.481 e. The van der Waals surface area contributed by atoms with Gasteiger partial charge in [-0.2, -0.15) is 0 Å². The number of rotatable bonds is 6. The Bertz CT molecular complexity index is 375. The minimum absolute atomic E-state index is 0.240. The Morgan fingerprint density at radius 2 is 2.06 bits per heavy atom. The Kier molecular flexibility index (Phi) is 4.76. The minimum atomic E-state index is -0.705. The number of aliphatic carboxylic acids is 1. The first-order valence-corrected chi connectivity index (χ1v) is 6.63. The molecule has 3 heteroatoms. The highest BCUT2D eigenvalue weighted by molar-refractivity contribution is 5.66. The molecule has 1 aliphatic carbocycles. The quantitative estimate of drug-likeness (QED) is 0.840. The van der Waals surface area contributed by atoms with Gasteiger partial charge in [0.25, 0.3) is 0 Å². The van der Waals surface area contributed by atoms with Crippen LogP contribution in [0.25, 0.3) is 0 Å². The van der Waals surface area contributed by atoms with Crippen molar-refractivity contribution >= 4 is 5.97 Å². The van der Waals surface area contributed by atoms with Crippen LogP contribution in [0.3, 0.4) is 0 Å². The second-order valence-electron chi connectivity index (χ2n) is 4.96. The summed E-state index contributed by atoms with van der Waals surface area (Å²) in [5, 5.41) is 8.73. The molecule has 2 rings (SSSR count). The molecule has 1 N–H and O–H groups in total. The van der Waals surface area contributed by atoms with Gasteiger partial charge in [0.15, 0.2) is 0 Å². The lowest BCUT2D eigenvalue weighted by Crippen LogP contribution is -2.19. The predicted octanol–water partition coefficient (Wildman–Crippen LogP) is 3.24. The van der Waals surface area contributed by atoms with Crippen LogP contribution in [0.1, 0.15) is 37.7 Å². The fraction of sp³-hybridized carbons (Fsp3) is 0.533. The van der Waals surface area contributed by atoms with Gasteiger partial charge in [-0.25, -0.2) is 0 Å². The van der Waals surface area contributed by atoms with Gasteiger partial charge in [0, 0.05) is 6.42 Å². The molecule has 0 heterocycles. The minimum Gasteiger partial charge on any atom is -0.481 e. The Morgan fingerprint density at radius 1 is 1.28 bits per heavy atom. The second kappa shape index (κ2) is 6.55. The van der Waals surface area contributed by atoms with E-state index in [0.29, 0.717) is 12.5 Å². The molecule has 1 saturated carbocycles. The van der Waals surface area contributed by atoms with Crippen LogP contribution >= 0.6 is 0 Å². The molecule has 0 spiro atoms. The number of carboxylic acid groups (broad SMARTS) is 1. The third kappa shape index (κ3) is 3.84. The number of ether oxygens (including phenoxy) is 1. The molecule has 1 fully saturated rings. The Balaban J connectivity index is 1.79. The third-order valence-corrected chi connectivity index (χ3v) is 3.63. The molecule has 1 aliphatic rings. The molecule has 0 saturated heterocycles. The van der Waals surface area contributed by atoms with Crippen molar-refractivity contribution in [2.45, 2.75) is 44.8 Å². The van der Waals surface area contributed by atoms with Crippen molar-refractivity contribution in [3.8, 4) is 0 Å². The number of carboxylic acids is 1. The summed E-state index contributed by atoms with van der Waals surface area (Å²) in [4.78, 5) is 10.6. The third-order valence-electron chi connectivity index (χ3n) is 3.63. The number of benzene rings is 1. The summed E-state index contributed by atoms with van der Waals surface area (Å²) < 4.78 is 5.94. The van der Waals surface area contributed by atoms with Gasteiger partial charge in [0.2, 0.25) is 0 Å². The molecule has 3 nitrogen and oxygen atoms in total. The molecule has 0 bridgehead atoms. The summed E-state index contributed by atoms with van der Waals surface area (Å²) in [7, 11) is 0. The summed E-state index contributed by atoms with van der Waals surface area (Å²) in [6.45, 7) is 0.634. The van der Waals surface area contributed by atoms with Crippen molar-refractivity contribution in [1.29, 1.82) is 0 Å². The van der Waals surface area contributed by atoms with E-state index in [1.807, 2.05) is 18.2 Å². The first-order valence-electron chi connectivity index (χ1n) is 6.63. The van der Waals surface area contributed by atoms with Crippen LogP contribution in [-0.4, -0.2) is 17.2 Å². The lowest BCUT2D eigenvalue weighted by atomic mass is 9.99.